The summed E-state index contributed by atoms with van der Waals surface area (Å²) in [7, 11) is 0. The smallest absolute Gasteiger partial charge is 0.412 e. The normalized spacial score (nSPS) is 29.7. The Morgan fingerprint density at radius 2 is 1.91 bits per heavy atom. The van der Waals surface area contributed by atoms with Crippen LogP contribution in [0.25, 0.3) is 0 Å². The first kappa shape index (κ1) is 17.8. The first-order valence-corrected chi connectivity index (χ1v) is 8.01. The van der Waals surface area contributed by atoms with Crippen molar-refractivity contribution in [1.82, 2.24) is 4.90 Å². The zero-order valence-electron chi connectivity index (χ0n) is 14.8. The zero-order chi connectivity index (χ0) is 17.4. The Balaban J connectivity index is 2.11. The second-order valence-electron chi connectivity index (χ2n) is 7.61. The summed E-state index contributed by atoms with van der Waals surface area (Å²) in [5.74, 6) is -0.221. The molecule has 0 N–H and O–H groups in total. The van der Waals surface area contributed by atoms with Crippen LogP contribution in [0.5, 0.6) is 0 Å². The predicted octanol–water partition coefficient (Wildman–Crippen LogP) is 2.87. The number of rotatable bonds is 2. The van der Waals surface area contributed by atoms with Crippen molar-refractivity contribution >= 4 is 12.1 Å². The van der Waals surface area contributed by atoms with Gasteiger partial charge in [-0.3, -0.25) is 9.69 Å². The van der Waals surface area contributed by atoms with Gasteiger partial charge in [0.2, 0.25) is 0 Å². The Kier molecular flexibility index (Phi) is 4.76. The topological polar surface area (TPSA) is 65.1 Å². The van der Waals surface area contributed by atoms with E-state index >= 15 is 0 Å². The van der Waals surface area contributed by atoms with Gasteiger partial charge in [-0.15, -0.1) is 0 Å². The highest BCUT2D eigenvalue weighted by molar-refractivity contribution is 5.70. The molecule has 0 aromatic carbocycles. The summed E-state index contributed by atoms with van der Waals surface area (Å²) in [6.07, 6.45) is 3.92. The van der Waals surface area contributed by atoms with Crippen molar-refractivity contribution < 1.29 is 23.8 Å². The van der Waals surface area contributed by atoms with Crippen LogP contribution in [0.15, 0.2) is 12.2 Å². The second kappa shape index (κ2) is 6.15. The average molecular weight is 325 g/mol. The fourth-order valence-electron chi connectivity index (χ4n) is 3.09. The molecule has 0 spiro atoms. The Morgan fingerprint density at radius 1 is 1.26 bits per heavy atom. The summed E-state index contributed by atoms with van der Waals surface area (Å²) >= 11 is 0. The second-order valence-corrected chi connectivity index (χ2v) is 7.61. The van der Waals surface area contributed by atoms with Crippen molar-refractivity contribution in [3.63, 3.8) is 0 Å². The lowest BCUT2D eigenvalue weighted by Crippen LogP contribution is -2.51. The third kappa shape index (κ3) is 4.25. The molecule has 1 aliphatic carbocycles. The number of amides is 1. The largest absolute Gasteiger partial charge is 0.458 e. The number of carbonyl (C=O) groups is 2. The van der Waals surface area contributed by atoms with Crippen LogP contribution in [-0.4, -0.2) is 47.0 Å². The summed E-state index contributed by atoms with van der Waals surface area (Å²) in [6, 6.07) is -0.128. The van der Waals surface area contributed by atoms with Gasteiger partial charge in [0.25, 0.3) is 0 Å². The minimum absolute atomic E-state index is 0.0774. The summed E-state index contributed by atoms with van der Waals surface area (Å²) < 4.78 is 16.6. The average Bonchev–Trinajstić information content (AvgIpc) is 2.89. The maximum absolute atomic E-state index is 12.6. The number of carbonyl (C=O) groups excluding carboxylic acids is 2. The molecule has 0 radical (unpaired) electrons. The molecular formula is C17H27NO5. The first-order chi connectivity index (χ1) is 10.5. The van der Waals surface area contributed by atoms with Gasteiger partial charge in [-0.25, -0.2) is 4.79 Å². The van der Waals surface area contributed by atoms with Crippen LogP contribution in [0.4, 0.5) is 4.79 Å². The molecule has 23 heavy (non-hydrogen) atoms. The summed E-state index contributed by atoms with van der Waals surface area (Å²) in [5, 5.41) is 0. The zero-order valence-corrected chi connectivity index (χ0v) is 14.8. The lowest BCUT2D eigenvalue weighted by atomic mass is 9.98. The molecule has 1 saturated heterocycles. The van der Waals surface area contributed by atoms with Crippen LogP contribution in [0.3, 0.4) is 0 Å². The van der Waals surface area contributed by atoms with E-state index < -0.39 is 11.3 Å². The van der Waals surface area contributed by atoms with E-state index in [0.717, 1.165) is 0 Å². The van der Waals surface area contributed by atoms with Crippen molar-refractivity contribution in [2.45, 2.75) is 71.4 Å². The van der Waals surface area contributed by atoms with Crippen molar-refractivity contribution in [1.29, 1.82) is 0 Å². The van der Waals surface area contributed by atoms with E-state index in [0.29, 0.717) is 13.0 Å². The Labute approximate surface area is 137 Å². The van der Waals surface area contributed by atoms with E-state index in [4.69, 9.17) is 14.2 Å². The van der Waals surface area contributed by atoms with Gasteiger partial charge in [0.15, 0.2) is 0 Å². The fraction of sp³-hybridized carbons (Fsp3) is 0.765. The van der Waals surface area contributed by atoms with E-state index in [2.05, 4.69) is 0 Å². The maximum atomic E-state index is 12.6. The summed E-state index contributed by atoms with van der Waals surface area (Å²) in [5.41, 5.74) is -1.29. The quantitative estimate of drug-likeness (QED) is 0.577. The molecule has 1 amide bonds. The van der Waals surface area contributed by atoms with Crippen LogP contribution in [0.2, 0.25) is 0 Å². The minimum Gasteiger partial charge on any atom is -0.458 e. The molecule has 0 aromatic heterocycles. The van der Waals surface area contributed by atoms with Crippen LogP contribution < -0.4 is 0 Å². The van der Waals surface area contributed by atoms with Crippen molar-refractivity contribution in [3.8, 4) is 0 Å². The lowest BCUT2D eigenvalue weighted by Gasteiger charge is -2.36. The highest BCUT2D eigenvalue weighted by Crippen LogP contribution is 2.37. The van der Waals surface area contributed by atoms with Gasteiger partial charge in [-0.05, 0) is 47.1 Å². The fourth-order valence-corrected chi connectivity index (χ4v) is 3.09. The summed E-state index contributed by atoms with van der Waals surface area (Å²) in [6.45, 7) is 11.1. The van der Waals surface area contributed by atoms with Gasteiger partial charge in [0.1, 0.15) is 17.4 Å². The number of hydrogen-bond acceptors (Lipinski definition) is 5. The van der Waals surface area contributed by atoms with Crippen LogP contribution in [-0.2, 0) is 19.0 Å². The minimum atomic E-state index is -0.722. The number of nitrogens with zero attached hydrogens (tertiary/aromatic N) is 1. The molecule has 6 nitrogen and oxygen atoms in total. The van der Waals surface area contributed by atoms with Gasteiger partial charge < -0.3 is 14.2 Å². The molecule has 3 atom stereocenters. The molecule has 1 fully saturated rings. The molecule has 0 bridgehead atoms. The lowest BCUT2D eigenvalue weighted by molar-refractivity contribution is -0.144. The maximum Gasteiger partial charge on any atom is 0.412 e. The molecule has 2 aliphatic rings. The third-order valence-corrected chi connectivity index (χ3v) is 4.00. The molecule has 1 heterocycles. The molecule has 0 aromatic rings. The predicted molar refractivity (Wildman–Crippen MR) is 84.7 cm³/mol. The number of hydrogen-bond donors (Lipinski definition) is 0. The summed E-state index contributed by atoms with van der Waals surface area (Å²) in [4.78, 5) is 25.4. The molecule has 0 unspecified atom stereocenters. The van der Waals surface area contributed by atoms with Crippen LogP contribution in [0.1, 0.15) is 48.0 Å². The molecule has 1 aliphatic heterocycles. The monoisotopic (exact) mass is 325 g/mol. The Morgan fingerprint density at radius 3 is 2.48 bits per heavy atom. The SMILES string of the molecule is CC(=O)O[C@H]1C=C[C@H]([C@@H]2COC(C)(C)N2C(=O)OC(C)(C)C)C1. The van der Waals surface area contributed by atoms with Gasteiger partial charge in [0.05, 0.1) is 12.6 Å². The molecule has 6 heteroatoms. The van der Waals surface area contributed by atoms with Crippen molar-refractivity contribution in [2.75, 3.05) is 6.61 Å². The van der Waals surface area contributed by atoms with Gasteiger partial charge in [-0.1, -0.05) is 6.08 Å². The van der Waals surface area contributed by atoms with Gasteiger partial charge in [-0.2, -0.15) is 0 Å². The Hall–Kier alpha value is -1.56. The molecular weight excluding hydrogens is 298 g/mol. The van der Waals surface area contributed by atoms with E-state index in [1.165, 1.54) is 6.92 Å². The van der Waals surface area contributed by atoms with Gasteiger partial charge >= 0.3 is 12.1 Å². The van der Waals surface area contributed by atoms with Gasteiger partial charge in [0, 0.05) is 12.8 Å². The van der Waals surface area contributed by atoms with Crippen LogP contribution >= 0.6 is 0 Å². The van der Waals surface area contributed by atoms with E-state index in [9.17, 15) is 9.59 Å². The highest BCUT2D eigenvalue weighted by Gasteiger charge is 2.49. The highest BCUT2D eigenvalue weighted by atomic mass is 16.6. The van der Waals surface area contributed by atoms with E-state index in [1.807, 2.05) is 46.8 Å². The molecule has 0 saturated carbocycles. The van der Waals surface area contributed by atoms with Crippen molar-refractivity contribution in [3.05, 3.63) is 12.2 Å². The first-order valence-electron chi connectivity index (χ1n) is 8.01. The standard InChI is InChI=1S/C17H27NO5/c1-11(19)22-13-8-7-12(9-13)14-10-21-17(5,6)18(14)15(20)23-16(2,3)4/h7-8,12-14H,9-10H2,1-6H3/t12-,13-,14-/m0/s1. The third-order valence-electron chi connectivity index (χ3n) is 4.00. The number of esters is 1. The van der Waals surface area contributed by atoms with E-state index in [1.54, 1.807) is 4.90 Å². The molecule has 130 valence electrons. The van der Waals surface area contributed by atoms with Crippen molar-refractivity contribution in [2.24, 2.45) is 5.92 Å². The molecule has 2 rings (SSSR count). The van der Waals surface area contributed by atoms with Crippen LogP contribution in [0, 0.1) is 5.92 Å². The Bertz CT molecular complexity index is 506. The van der Waals surface area contributed by atoms with E-state index in [-0.39, 0.29) is 30.1 Å². The number of ether oxygens (including phenoxy) is 3.